The Hall–Kier alpha value is -2.39. The fourth-order valence-electron chi connectivity index (χ4n) is 2.22. The largest absolute Gasteiger partial charge is 0.434 e. The van der Waals surface area contributed by atoms with Crippen molar-refractivity contribution in [1.29, 1.82) is 0 Å². The van der Waals surface area contributed by atoms with Crippen LogP contribution in [0.4, 0.5) is 13.2 Å². The van der Waals surface area contributed by atoms with Gasteiger partial charge in [0, 0.05) is 11.9 Å². The first-order valence-corrected chi connectivity index (χ1v) is 8.58. The summed E-state index contributed by atoms with van der Waals surface area (Å²) in [6.07, 6.45) is -2.14. The Morgan fingerprint density at radius 2 is 1.80 bits per heavy atom. The molecule has 0 spiro atoms. The monoisotopic (exact) mass is 371 g/mol. The number of hydrogen-bond acceptors (Lipinski definition) is 3. The van der Waals surface area contributed by atoms with Crippen molar-refractivity contribution in [3.8, 4) is 5.69 Å². The van der Waals surface area contributed by atoms with Crippen LogP contribution >= 0.6 is 0 Å². The summed E-state index contributed by atoms with van der Waals surface area (Å²) in [4.78, 5) is 3.53. The Bertz CT molecular complexity index is 940. The molecule has 0 aliphatic carbocycles. The van der Waals surface area contributed by atoms with Crippen LogP contribution < -0.4 is 5.14 Å². The van der Waals surface area contributed by atoms with Crippen LogP contribution in [-0.2, 0) is 16.2 Å². The van der Waals surface area contributed by atoms with E-state index < -0.39 is 21.9 Å². The smallest absolute Gasteiger partial charge is 0.299 e. The zero-order valence-electron chi connectivity index (χ0n) is 13.5. The van der Waals surface area contributed by atoms with Crippen molar-refractivity contribution in [1.82, 2.24) is 9.55 Å². The predicted molar refractivity (Wildman–Crippen MR) is 88.4 cm³/mol. The number of hydrogen-bond donors (Lipinski definition) is 1. The number of sulfonamides is 1. The molecule has 0 saturated heterocycles. The van der Waals surface area contributed by atoms with Crippen LogP contribution in [0.25, 0.3) is 11.3 Å². The number of allylic oxidation sites excluding steroid dienone is 3. The minimum absolute atomic E-state index is 0.0821. The van der Waals surface area contributed by atoms with Gasteiger partial charge in [-0.3, -0.25) is 4.57 Å². The summed E-state index contributed by atoms with van der Waals surface area (Å²) in [5.74, 6) is 0.0821. The van der Waals surface area contributed by atoms with Crippen LogP contribution in [0.5, 0.6) is 0 Å². The SMILES string of the molecule is C=C(C)/C=C(\C)c1nc(C(F)(F)F)cn1-c1ccc(S(N)(=O)=O)cc1. The molecule has 1 aromatic carbocycles. The molecule has 0 bridgehead atoms. The summed E-state index contributed by atoms with van der Waals surface area (Å²) in [5.41, 5.74) is 0.413. The van der Waals surface area contributed by atoms with Gasteiger partial charge in [-0.1, -0.05) is 18.2 Å². The van der Waals surface area contributed by atoms with E-state index >= 15 is 0 Å². The molecule has 2 rings (SSSR count). The minimum atomic E-state index is -4.61. The van der Waals surface area contributed by atoms with Gasteiger partial charge in [0.05, 0.1) is 4.90 Å². The molecule has 0 atom stereocenters. The maximum absolute atomic E-state index is 13.0. The number of nitrogens with zero attached hydrogens (tertiary/aromatic N) is 2. The average Bonchev–Trinajstić information content (AvgIpc) is 2.91. The number of imidazole rings is 1. The topological polar surface area (TPSA) is 78.0 Å². The van der Waals surface area contributed by atoms with Gasteiger partial charge in [-0.05, 0) is 43.7 Å². The molecule has 0 amide bonds. The molecule has 2 N–H and O–H groups in total. The summed E-state index contributed by atoms with van der Waals surface area (Å²) in [7, 11) is -3.89. The molecule has 134 valence electrons. The van der Waals surface area contributed by atoms with Crippen molar-refractivity contribution in [3.63, 3.8) is 0 Å². The van der Waals surface area contributed by atoms with E-state index in [-0.39, 0.29) is 10.7 Å². The Balaban J connectivity index is 2.63. The first-order chi connectivity index (χ1) is 11.4. The third-order valence-corrected chi connectivity index (χ3v) is 4.18. The van der Waals surface area contributed by atoms with Crippen LogP contribution in [0.2, 0.25) is 0 Å². The Morgan fingerprint density at radius 3 is 2.24 bits per heavy atom. The lowest BCUT2D eigenvalue weighted by molar-refractivity contribution is -0.140. The maximum atomic E-state index is 13.0. The average molecular weight is 371 g/mol. The number of rotatable bonds is 4. The summed E-state index contributed by atoms with van der Waals surface area (Å²) < 4.78 is 63.0. The van der Waals surface area contributed by atoms with Crippen molar-refractivity contribution in [2.24, 2.45) is 5.14 Å². The first-order valence-electron chi connectivity index (χ1n) is 7.03. The summed E-state index contributed by atoms with van der Waals surface area (Å²) in [6, 6.07) is 5.16. The highest BCUT2D eigenvalue weighted by Gasteiger charge is 2.35. The van der Waals surface area contributed by atoms with Crippen molar-refractivity contribution < 1.29 is 21.6 Å². The Kier molecular flexibility index (Phi) is 4.92. The number of primary sulfonamides is 1. The maximum Gasteiger partial charge on any atom is 0.434 e. The van der Waals surface area contributed by atoms with Crippen LogP contribution in [0, 0.1) is 0 Å². The molecule has 2 aromatic rings. The normalized spacial score (nSPS) is 13.1. The zero-order valence-corrected chi connectivity index (χ0v) is 14.3. The second-order valence-corrected chi connectivity index (χ2v) is 7.09. The van der Waals surface area contributed by atoms with Crippen molar-refractivity contribution in [2.75, 3.05) is 0 Å². The predicted octanol–water partition coefficient (Wildman–Crippen LogP) is 3.52. The number of alkyl halides is 3. The lowest BCUT2D eigenvalue weighted by Gasteiger charge is -2.09. The molecular weight excluding hydrogens is 355 g/mol. The first kappa shape index (κ1) is 18.9. The highest BCUT2D eigenvalue weighted by Crippen LogP contribution is 2.31. The van der Waals surface area contributed by atoms with E-state index in [1.165, 1.54) is 28.8 Å². The quantitative estimate of drug-likeness (QED) is 0.836. The highest BCUT2D eigenvalue weighted by atomic mass is 32.2. The Morgan fingerprint density at radius 1 is 1.24 bits per heavy atom. The molecule has 0 fully saturated rings. The van der Waals surface area contributed by atoms with Crippen LogP contribution in [-0.4, -0.2) is 18.0 Å². The molecule has 0 aliphatic heterocycles. The second kappa shape index (κ2) is 6.49. The molecule has 9 heteroatoms. The lowest BCUT2D eigenvalue weighted by atomic mass is 10.2. The summed E-state index contributed by atoms with van der Waals surface area (Å²) >= 11 is 0. The minimum Gasteiger partial charge on any atom is -0.299 e. The summed E-state index contributed by atoms with van der Waals surface area (Å²) in [5, 5.41) is 5.03. The standard InChI is InChI=1S/C16H16F3N3O2S/c1-10(2)8-11(3)15-21-14(16(17,18)19)9-22(15)12-4-6-13(7-5-12)25(20,23)24/h4-9H,1H2,2-3H3,(H2,20,23,24)/b11-8+. The van der Waals surface area contributed by atoms with Crippen LogP contribution in [0.3, 0.4) is 0 Å². The third-order valence-electron chi connectivity index (χ3n) is 3.26. The molecule has 0 unspecified atom stereocenters. The van der Waals surface area contributed by atoms with E-state index in [4.69, 9.17) is 5.14 Å². The number of halogens is 3. The van der Waals surface area contributed by atoms with E-state index in [1.54, 1.807) is 19.9 Å². The molecule has 5 nitrogen and oxygen atoms in total. The molecule has 25 heavy (non-hydrogen) atoms. The molecule has 0 saturated carbocycles. The van der Waals surface area contributed by atoms with E-state index in [1.807, 2.05) is 0 Å². The third kappa shape index (κ3) is 4.37. The molecular formula is C16H16F3N3O2S. The van der Waals surface area contributed by atoms with Gasteiger partial charge in [0.25, 0.3) is 0 Å². The number of nitrogens with two attached hydrogens (primary N) is 1. The number of benzene rings is 1. The summed E-state index contributed by atoms with van der Waals surface area (Å²) in [6.45, 7) is 7.03. The van der Waals surface area contributed by atoms with E-state index in [2.05, 4.69) is 11.6 Å². The molecule has 1 heterocycles. The van der Waals surface area contributed by atoms with Gasteiger partial charge in [-0.25, -0.2) is 18.5 Å². The molecule has 1 aromatic heterocycles. The van der Waals surface area contributed by atoms with E-state index in [9.17, 15) is 21.6 Å². The van der Waals surface area contributed by atoms with Gasteiger partial charge in [-0.2, -0.15) is 13.2 Å². The van der Waals surface area contributed by atoms with Gasteiger partial charge in [0.15, 0.2) is 5.69 Å². The second-order valence-electron chi connectivity index (χ2n) is 5.53. The van der Waals surface area contributed by atoms with Gasteiger partial charge in [0.1, 0.15) is 5.82 Å². The van der Waals surface area contributed by atoms with Gasteiger partial charge >= 0.3 is 6.18 Å². The van der Waals surface area contributed by atoms with Crippen molar-refractivity contribution in [2.45, 2.75) is 24.9 Å². The van der Waals surface area contributed by atoms with Crippen LogP contribution in [0.15, 0.2) is 53.6 Å². The van der Waals surface area contributed by atoms with Crippen molar-refractivity contribution in [3.05, 3.63) is 60.2 Å². The molecule has 0 aliphatic rings. The Labute approximate surface area is 143 Å². The van der Waals surface area contributed by atoms with Crippen molar-refractivity contribution >= 4 is 15.6 Å². The number of aromatic nitrogens is 2. The van der Waals surface area contributed by atoms with Crippen LogP contribution in [0.1, 0.15) is 25.4 Å². The highest BCUT2D eigenvalue weighted by molar-refractivity contribution is 7.89. The molecule has 0 radical (unpaired) electrons. The van der Waals surface area contributed by atoms with Gasteiger partial charge in [0.2, 0.25) is 10.0 Å². The fourth-order valence-corrected chi connectivity index (χ4v) is 2.74. The fraction of sp³-hybridized carbons (Fsp3) is 0.188. The van der Waals surface area contributed by atoms with E-state index in [0.29, 0.717) is 16.8 Å². The van der Waals surface area contributed by atoms with Gasteiger partial charge < -0.3 is 0 Å². The van der Waals surface area contributed by atoms with E-state index in [0.717, 1.165) is 6.20 Å². The zero-order chi connectivity index (χ0) is 19.0. The van der Waals surface area contributed by atoms with Gasteiger partial charge in [-0.15, -0.1) is 0 Å². The lowest BCUT2D eigenvalue weighted by Crippen LogP contribution is -2.12.